The molecule has 2 amide bonds. The minimum Gasteiger partial charge on any atom is -0.352 e. The molecule has 0 spiro atoms. The molecular formula is C29H32Cl2N2O2S. The van der Waals surface area contributed by atoms with E-state index in [1.54, 1.807) is 11.0 Å². The molecule has 0 bridgehead atoms. The Morgan fingerprint density at radius 2 is 1.53 bits per heavy atom. The monoisotopic (exact) mass is 542 g/mol. The van der Waals surface area contributed by atoms with Gasteiger partial charge in [-0.05, 0) is 42.2 Å². The highest BCUT2D eigenvalue weighted by Crippen LogP contribution is 2.25. The van der Waals surface area contributed by atoms with E-state index in [1.165, 1.54) is 11.8 Å². The van der Waals surface area contributed by atoms with Gasteiger partial charge in [-0.25, -0.2) is 0 Å². The predicted molar refractivity (Wildman–Crippen MR) is 151 cm³/mol. The molecule has 0 saturated carbocycles. The van der Waals surface area contributed by atoms with Crippen LogP contribution in [0.3, 0.4) is 0 Å². The van der Waals surface area contributed by atoms with E-state index >= 15 is 0 Å². The summed E-state index contributed by atoms with van der Waals surface area (Å²) in [5.41, 5.74) is 2.98. The molecule has 190 valence electrons. The zero-order chi connectivity index (χ0) is 25.9. The van der Waals surface area contributed by atoms with Crippen molar-refractivity contribution in [3.05, 3.63) is 106 Å². The summed E-state index contributed by atoms with van der Waals surface area (Å²) < 4.78 is 0. The molecule has 0 saturated heterocycles. The minimum absolute atomic E-state index is 0.0217. The van der Waals surface area contributed by atoms with Crippen molar-refractivity contribution in [1.29, 1.82) is 0 Å². The van der Waals surface area contributed by atoms with Gasteiger partial charge in [0.1, 0.15) is 6.04 Å². The van der Waals surface area contributed by atoms with E-state index in [0.29, 0.717) is 28.8 Å². The lowest BCUT2D eigenvalue weighted by atomic mass is 10.0. The fraction of sp³-hybridized carbons (Fsp3) is 0.310. The van der Waals surface area contributed by atoms with Crippen molar-refractivity contribution >= 4 is 46.8 Å². The lowest BCUT2D eigenvalue weighted by Crippen LogP contribution is -2.52. The van der Waals surface area contributed by atoms with E-state index in [4.69, 9.17) is 23.2 Å². The van der Waals surface area contributed by atoms with Gasteiger partial charge in [0.25, 0.3) is 0 Å². The zero-order valence-corrected chi connectivity index (χ0v) is 23.0. The fourth-order valence-electron chi connectivity index (χ4n) is 3.74. The van der Waals surface area contributed by atoms with Crippen molar-refractivity contribution in [3.63, 3.8) is 0 Å². The van der Waals surface area contributed by atoms with Crippen molar-refractivity contribution in [2.24, 2.45) is 0 Å². The first-order valence-electron chi connectivity index (χ1n) is 12.1. The molecular weight excluding hydrogens is 511 g/mol. The second-order valence-corrected chi connectivity index (χ2v) is 10.6. The molecule has 1 N–H and O–H groups in total. The van der Waals surface area contributed by atoms with Gasteiger partial charge < -0.3 is 10.2 Å². The van der Waals surface area contributed by atoms with Crippen LogP contribution in [0.5, 0.6) is 0 Å². The third-order valence-corrected chi connectivity index (χ3v) is 7.67. The Balaban J connectivity index is 1.82. The van der Waals surface area contributed by atoms with Crippen molar-refractivity contribution in [3.8, 4) is 0 Å². The maximum Gasteiger partial charge on any atom is 0.243 e. The van der Waals surface area contributed by atoms with E-state index in [0.717, 1.165) is 23.1 Å². The summed E-state index contributed by atoms with van der Waals surface area (Å²) in [4.78, 5) is 28.8. The Hall–Kier alpha value is -2.47. The standard InChI is InChI=1S/C29H32Cl2N2O2S/c1-3-21(2)32-29(35)27(17-22-10-6-4-7-11-22)33(18-23-12-8-5-9-13-23)28(34)20-36-19-24-14-15-25(30)26(31)16-24/h4-16,21,27H,3,17-20H2,1-2H3,(H,32,35)/t21-,27-/m0/s1. The van der Waals surface area contributed by atoms with Crippen LogP contribution in [-0.2, 0) is 28.3 Å². The SMILES string of the molecule is CC[C@H](C)NC(=O)[C@H](Cc1ccccc1)N(Cc1ccccc1)C(=O)CSCc1ccc(Cl)c(Cl)c1. The molecule has 0 fully saturated rings. The van der Waals surface area contributed by atoms with Gasteiger partial charge in [-0.1, -0.05) is 96.9 Å². The van der Waals surface area contributed by atoms with Crippen LogP contribution < -0.4 is 5.32 Å². The average Bonchev–Trinajstić information content (AvgIpc) is 2.89. The van der Waals surface area contributed by atoms with Crippen LogP contribution in [0.15, 0.2) is 78.9 Å². The van der Waals surface area contributed by atoms with E-state index in [-0.39, 0.29) is 23.6 Å². The highest BCUT2D eigenvalue weighted by molar-refractivity contribution is 7.99. The number of halogens is 2. The van der Waals surface area contributed by atoms with Crippen LogP contribution in [0, 0.1) is 0 Å². The summed E-state index contributed by atoms with van der Waals surface area (Å²) >= 11 is 13.7. The molecule has 0 unspecified atom stereocenters. The van der Waals surface area contributed by atoms with Crippen LogP contribution in [0.4, 0.5) is 0 Å². The zero-order valence-electron chi connectivity index (χ0n) is 20.6. The Morgan fingerprint density at radius 1 is 0.889 bits per heavy atom. The van der Waals surface area contributed by atoms with E-state index < -0.39 is 6.04 Å². The van der Waals surface area contributed by atoms with Gasteiger partial charge in [-0.2, -0.15) is 0 Å². The number of benzene rings is 3. The first kappa shape index (κ1) is 28.1. The third kappa shape index (κ3) is 8.58. The number of nitrogens with one attached hydrogen (secondary N) is 1. The van der Waals surface area contributed by atoms with Crippen LogP contribution in [-0.4, -0.2) is 34.6 Å². The van der Waals surface area contributed by atoms with Gasteiger partial charge in [-0.3, -0.25) is 9.59 Å². The molecule has 36 heavy (non-hydrogen) atoms. The van der Waals surface area contributed by atoms with Crippen molar-refractivity contribution in [1.82, 2.24) is 10.2 Å². The molecule has 0 radical (unpaired) electrons. The molecule has 3 aromatic rings. The second-order valence-electron chi connectivity index (χ2n) is 8.77. The van der Waals surface area contributed by atoms with Crippen molar-refractivity contribution in [2.75, 3.05) is 5.75 Å². The first-order chi connectivity index (χ1) is 17.4. The Morgan fingerprint density at radius 3 is 2.14 bits per heavy atom. The highest BCUT2D eigenvalue weighted by atomic mass is 35.5. The maximum atomic E-state index is 13.6. The van der Waals surface area contributed by atoms with Gasteiger partial charge in [0.2, 0.25) is 11.8 Å². The number of carbonyl (C=O) groups excluding carboxylic acids is 2. The lowest BCUT2D eigenvalue weighted by molar-refractivity contribution is -0.139. The normalized spacial score (nSPS) is 12.6. The first-order valence-corrected chi connectivity index (χ1v) is 14.0. The Labute approximate surface area is 228 Å². The number of rotatable bonds is 12. The fourth-order valence-corrected chi connectivity index (χ4v) is 4.92. The summed E-state index contributed by atoms with van der Waals surface area (Å²) in [7, 11) is 0. The molecule has 3 aromatic carbocycles. The average molecular weight is 544 g/mol. The summed E-state index contributed by atoms with van der Waals surface area (Å²) in [6, 6.07) is 24.5. The number of thioether (sulfide) groups is 1. The third-order valence-electron chi connectivity index (χ3n) is 5.95. The van der Waals surface area contributed by atoms with Gasteiger partial charge in [0.15, 0.2) is 0 Å². The number of hydrogen-bond acceptors (Lipinski definition) is 3. The van der Waals surface area contributed by atoms with Gasteiger partial charge in [-0.15, -0.1) is 11.8 Å². The topological polar surface area (TPSA) is 49.4 Å². The quantitative estimate of drug-likeness (QED) is 0.274. The molecule has 0 aliphatic rings. The summed E-state index contributed by atoms with van der Waals surface area (Å²) in [6.45, 7) is 4.37. The Bertz CT molecular complexity index is 1130. The second kappa shape index (κ2) is 14.3. The molecule has 0 aliphatic heterocycles. The van der Waals surface area contributed by atoms with E-state index in [9.17, 15) is 9.59 Å². The molecule has 7 heteroatoms. The summed E-state index contributed by atoms with van der Waals surface area (Å²) in [6.07, 6.45) is 1.26. The molecule has 3 rings (SSSR count). The number of amides is 2. The number of carbonyl (C=O) groups is 2. The van der Waals surface area contributed by atoms with Gasteiger partial charge in [0.05, 0.1) is 15.8 Å². The molecule has 0 aromatic heterocycles. The highest BCUT2D eigenvalue weighted by Gasteiger charge is 2.30. The summed E-state index contributed by atoms with van der Waals surface area (Å²) in [5.74, 6) is 0.648. The van der Waals surface area contributed by atoms with Crippen LogP contribution >= 0.6 is 35.0 Å². The van der Waals surface area contributed by atoms with E-state index in [2.05, 4.69) is 5.32 Å². The smallest absolute Gasteiger partial charge is 0.243 e. The van der Waals surface area contributed by atoms with Gasteiger partial charge in [0, 0.05) is 24.8 Å². The summed E-state index contributed by atoms with van der Waals surface area (Å²) in [5, 5.41) is 4.10. The van der Waals surface area contributed by atoms with E-state index in [1.807, 2.05) is 86.6 Å². The Kier molecular flexibility index (Phi) is 11.2. The van der Waals surface area contributed by atoms with Crippen LogP contribution in [0.2, 0.25) is 10.0 Å². The molecule has 0 aliphatic carbocycles. The van der Waals surface area contributed by atoms with Gasteiger partial charge >= 0.3 is 0 Å². The van der Waals surface area contributed by atoms with Crippen molar-refractivity contribution < 1.29 is 9.59 Å². The number of hydrogen-bond donors (Lipinski definition) is 1. The lowest BCUT2D eigenvalue weighted by Gasteiger charge is -2.32. The largest absolute Gasteiger partial charge is 0.352 e. The minimum atomic E-state index is -0.625. The van der Waals surface area contributed by atoms with Crippen molar-refractivity contribution in [2.45, 2.75) is 51.1 Å². The number of nitrogens with zero attached hydrogens (tertiary/aromatic N) is 1. The molecule has 4 nitrogen and oxygen atoms in total. The molecule has 2 atom stereocenters. The predicted octanol–water partition coefficient (Wildman–Crippen LogP) is 6.78. The van der Waals surface area contributed by atoms with Crippen LogP contribution in [0.25, 0.3) is 0 Å². The maximum absolute atomic E-state index is 13.6. The molecule has 0 heterocycles. The van der Waals surface area contributed by atoms with Crippen LogP contribution in [0.1, 0.15) is 37.0 Å².